The zero-order valence-corrected chi connectivity index (χ0v) is 17.0. The molecule has 0 atom stereocenters. The molecule has 0 aliphatic carbocycles. The Labute approximate surface area is 177 Å². The summed E-state index contributed by atoms with van der Waals surface area (Å²) in [6.45, 7) is 0. The number of para-hydroxylation sites is 1. The van der Waals surface area contributed by atoms with Crippen LogP contribution in [0.15, 0.2) is 97.1 Å². The second-order valence-electron chi connectivity index (χ2n) is 7.84. The number of nitrogens with one attached hydrogen (secondary N) is 1. The van der Waals surface area contributed by atoms with Gasteiger partial charge >= 0.3 is 0 Å². The van der Waals surface area contributed by atoms with Crippen molar-refractivity contribution in [1.82, 2.24) is 4.98 Å². The van der Waals surface area contributed by atoms with Crippen LogP contribution in [0.2, 0.25) is 0 Å². The highest BCUT2D eigenvalue weighted by atomic mass is 32.1. The van der Waals surface area contributed by atoms with E-state index in [0.29, 0.717) is 0 Å². The molecule has 0 bridgehead atoms. The standard InChI is InChI=1S/C28H17NS/c1-2-8-18-17(7-1)15-16-22-20-10-5-11-21(27(20)29-26(18)22)24-13-6-12-23-19-9-3-4-14-25(19)30-28(23)24/h1-16,29H. The summed E-state index contributed by atoms with van der Waals surface area (Å²) < 4.78 is 2.70. The molecule has 0 spiro atoms. The maximum absolute atomic E-state index is 3.79. The molecule has 30 heavy (non-hydrogen) atoms. The molecular weight excluding hydrogens is 382 g/mol. The fraction of sp³-hybridized carbons (Fsp3) is 0. The predicted molar refractivity (Wildman–Crippen MR) is 132 cm³/mol. The minimum Gasteiger partial charge on any atom is -0.353 e. The van der Waals surface area contributed by atoms with Crippen LogP contribution < -0.4 is 0 Å². The average molecular weight is 400 g/mol. The topological polar surface area (TPSA) is 15.8 Å². The third-order valence-electron chi connectivity index (χ3n) is 6.23. The van der Waals surface area contributed by atoms with Gasteiger partial charge in [0.05, 0.1) is 11.0 Å². The van der Waals surface area contributed by atoms with Gasteiger partial charge in [0.15, 0.2) is 0 Å². The van der Waals surface area contributed by atoms with Gasteiger partial charge in [-0.05, 0) is 11.5 Å². The summed E-state index contributed by atoms with van der Waals surface area (Å²) in [5.41, 5.74) is 5.01. The Bertz CT molecular complexity index is 1750. The van der Waals surface area contributed by atoms with E-state index < -0.39 is 0 Å². The van der Waals surface area contributed by atoms with Gasteiger partial charge in [-0.15, -0.1) is 11.3 Å². The summed E-state index contributed by atoms with van der Waals surface area (Å²) in [6.07, 6.45) is 0. The first-order valence-corrected chi connectivity index (χ1v) is 11.0. The second-order valence-corrected chi connectivity index (χ2v) is 8.90. The zero-order chi connectivity index (χ0) is 19.7. The normalized spacial score (nSPS) is 12.0. The Hall–Kier alpha value is -3.62. The number of H-pyrrole nitrogens is 1. The van der Waals surface area contributed by atoms with Gasteiger partial charge in [-0.1, -0.05) is 91.0 Å². The smallest absolute Gasteiger partial charge is 0.0545 e. The van der Waals surface area contributed by atoms with Crippen LogP contribution in [0.1, 0.15) is 0 Å². The predicted octanol–water partition coefficient (Wildman–Crippen LogP) is 8.51. The van der Waals surface area contributed by atoms with Crippen LogP contribution in [0.5, 0.6) is 0 Å². The molecule has 1 N–H and O–H groups in total. The number of thiophene rings is 1. The lowest BCUT2D eigenvalue weighted by Crippen LogP contribution is -1.81. The molecule has 0 radical (unpaired) electrons. The fourth-order valence-corrected chi connectivity index (χ4v) is 6.08. The molecule has 0 fully saturated rings. The van der Waals surface area contributed by atoms with Gasteiger partial charge in [0.25, 0.3) is 0 Å². The van der Waals surface area contributed by atoms with E-state index in [9.17, 15) is 0 Å². The molecular formula is C28H17NS. The van der Waals surface area contributed by atoms with Gasteiger partial charge in [-0.25, -0.2) is 0 Å². The molecule has 1 nitrogen and oxygen atoms in total. The summed E-state index contributed by atoms with van der Waals surface area (Å²) in [5.74, 6) is 0. The largest absolute Gasteiger partial charge is 0.353 e. The number of hydrogen-bond acceptors (Lipinski definition) is 1. The van der Waals surface area contributed by atoms with E-state index in [-0.39, 0.29) is 0 Å². The Morgan fingerprint density at radius 3 is 2.10 bits per heavy atom. The third-order valence-corrected chi connectivity index (χ3v) is 7.45. The maximum Gasteiger partial charge on any atom is 0.0545 e. The molecule has 7 aromatic rings. The lowest BCUT2D eigenvalue weighted by molar-refractivity contribution is 1.56. The highest BCUT2D eigenvalue weighted by Crippen LogP contribution is 2.42. The summed E-state index contributed by atoms with van der Waals surface area (Å²) in [4.78, 5) is 3.79. The van der Waals surface area contributed by atoms with E-state index in [1.807, 2.05) is 11.3 Å². The van der Waals surface area contributed by atoms with E-state index in [1.54, 1.807) is 0 Å². The molecule has 7 rings (SSSR count). The zero-order valence-electron chi connectivity index (χ0n) is 16.1. The monoisotopic (exact) mass is 399 g/mol. The van der Waals surface area contributed by atoms with E-state index in [4.69, 9.17) is 0 Å². The molecule has 0 saturated carbocycles. The average Bonchev–Trinajstić information content (AvgIpc) is 3.37. The van der Waals surface area contributed by atoms with Crippen LogP contribution in [-0.4, -0.2) is 4.98 Å². The first kappa shape index (κ1) is 16.2. The van der Waals surface area contributed by atoms with Crippen LogP contribution in [0, 0.1) is 0 Å². The SMILES string of the molecule is c1ccc2c(c1)ccc1c3cccc(-c4cccc5c4sc4ccccc45)c3[nH]c21. The van der Waals surface area contributed by atoms with E-state index in [0.717, 1.165) is 0 Å². The van der Waals surface area contributed by atoms with Gasteiger partial charge in [0.2, 0.25) is 0 Å². The third kappa shape index (κ3) is 2.11. The Morgan fingerprint density at radius 2 is 1.17 bits per heavy atom. The minimum absolute atomic E-state index is 1.22. The lowest BCUT2D eigenvalue weighted by Gasteiger charge is -2.05. The minimum atomic E-state index is 1.22. The quantitative estimate of drug-likeness (QED) is 0.285. The summed E-state index contributed by atoms with van der Waals surface area (Å²) in [6, 6.07) is 35.2. The van der Waals surface area contributed by atoms with Gasteiger partial charge < -0.3 is 4.98 Å². The summed E-state index contributed by atoms with van der Waals surface area (Å²) in [7, 11) is 0. The molecule has 0 unspecified atom stereocenters. The second kappa shape index (κ2) is 5.94. The molecule has 0 saturated heterocycles. The van der Waals surface area contributed by atoms with Crippen LogP contribution >= 0.6 is 11.3 Å². The fourth-order valence-electron chi connectivity index (χ4n) is 4.85. The molecule has 5 aromatic carbocycles. The molecule has 140 valence electrons. The van der Waals surface area contributed by atoms with Crippen molar-refractivity contribution in [2.75, 3.05) is 0 Å². The maximum atomic E-state index is 3.79. The van der Waals surface area contributed by atoms with Crippen molar-refractivity contribution in [1.29, 1.82) is 0 Å². The number of benzene rings is 5. The van der Waals surface area contributed by atoms with Crippen molar-refractivity contribution in [3.8, 4) is 11.1 Å². The number of hydrogen-bond donors (Lipinski definition) is 1. The van der Waals surface area contributed by atoms with Crippen molar-refractivity contribution in [3.05, 3.63) is 97.1 Å². The van der Waals surface area contributed by atoms with Crippen molar-refractivity contribution < 1.29 is 0 Å². The van der Waals surface area contributed by atoms with Crippen molar-refractivity contribution in [3.63, 3.8) is 0 Å². The Morgan fingerprint density at radius 1 is 0.467 bits per heavy atom. The summed E-state index contributed by atoms with van der Waals surface area (Å²) >= 11 is 1.89. The summed E-state index contributed by atoms with van der Waals surface area (Å²) in [5, 5.41) is 7.79. The van der Waals surface area contributed by atoms with Crippen LogP contribution in [0.4, 0.5) is 0 Å². The number of aromatic amines is 1. The van der Waals surface area contributed by atoms with Crippen molar-refractivity contribution >= 4 is 64.1 Å². The number of rotatable bonds is 1. The van der Waals surface area contributed by atoms with E-state index in [1.165, 1.54) is 63.9 Å². The van der Waals surface area contributed by atoms with Crippen molar-refractivity contribution in [2.24, 2.45) is 0 Å². The highest BCUT2D eigenvalue weighted by molar-refractivity contribution is 7.26. The van der Waals surface area contributed by atoms with Gasteiger partial charge in [0, 0.05) is 47.5 Å². The van der Waals surface area contributed by atoms with Gasteiger partial charge in [-0.2, -0.15) is 0 Å². The first-order chi connectivity index (χ1) is 14.9. The molecule has 0 aliphatic heterocycles. The Balaban J connectivity index is 1.62. The molecule has 2 heterocycles. The van der Waals surface area contributed by atoms with Crippen molar-refractivity contribution in [2.45, 2.75) is 0 Å². The number of fused-ring (bicyclic) bond motifs is 8. The van der Waals surface area contributed by atoms with E-state index in [2.05, 4.69) is 102 Å². The molecule has 2 aromatic heterocycles. The van der Waals surface area contributed by atoms with Crippen LogP contribution in [0.3, 0.4) is 0 Å². The molecule has 0 aliphatic rings. The number of aromatic nitrogens is 1. The lowest BCUT2D eigenvalue weighted by atomic mass is 9.99. The Kier molecular flexibility index (Phi) is 3.21. The molecule has 0 amide bonds. The van der Waals surface area contributed by atoms with Crippen LogP contribution in [-0.2, 0) is 0 Å². The van der Waals surface area contributed by atoms with Crippen LogP contribution in [0.25, 0.3) is 63.9 Å². The van der Waals surface area contributed by atoms with E-state index >= 15 is 0 Å². The van der Waals surface area contributed by atoms with Gasteiger partial charge in [-0.3, -0.25) is 0 Å². The first-order valence-electron chi connectivity index (χ1n) is 10.2. The molecule has 2 heteroatoms. The highest BCUT2D eigenvalue weighted by Gasteiger charge is 2.15. The van der Waals surface area contributed by atoms with Gasteiger partial charge in [0.1, 0.15) is 0 Å².